The van der Waals surface area contributed by atoms with E-state index in [0.29, 0.717) is 20.5 Å². The van der Waals surface area contributed by atoms with Crippen LogP contribution in [-0.2, 0) is 33.2 Å². The summed E-state index contributed by atoms with van der Waals surface area (Å²) in [6.45, 7) is 4.20. The Kier molecular flexibility index (Phi) is 15.2. The highest BCUT2D eigenvalue weighted by atomic mass is 35.5. The highest BCUT2D eigenvalue weighted by Crippen LogP contribution is 2.37. The Morgan fingerprint density at radius 3 is 1.46 bits per heavy atom. The molecule has 0 bridgehead atoms. The van der Waals surface area contributed by atoms with Gasteiger partial charge in [-0.05, 0) is 57.2 Å². The van der Waals surface area contributed by atoms with Crippen LogP contribution in [0.1, 0.15) is 18.3 Å². The molecule has 0 N–H and O–H groups in total. The van der Waals surface area contributed by atoms with Crippen molar-refractivity contribution >= 4 is 35.1 Å². The van der Waals surface area contributed by atoms with Crippen LogP contribution in [0.4, 0.5) is 8.78 Å². The Morgan fingerprint density at radius 2 is 1.06 bits per heavy atom. The second-order valence-corrected chi connectivity index (χ2v) is 13.7. The lowest BCUT2D eigenvalue weighted by Crippen LogP contribution is -2.38. The third-order valence-corrected chi connectivity index (χ3v) is 9.29. The van der Waals surface area contributed by atoms with E-state index in [1.165, 1.54) is 67.0 Å². The summed E-state index contributed by atoms with van der Waals surface area (Å²) in [6, 6.07) is 12.6. The van der Waals surface area contributed by atoms with Crippen molar-refractivity contribution < 1.29 is 46.8 Å². The lowest BCUT2D eigenvalue weighted by Gasteiger charge is -2.14. The minimum Gasteiger partial charge on any atom is -0.466 e. The van der Waals surface area contributed by atoms with Crippen LogP contribution >= 0.6 is 23.2 Å². The predicted octanol–water partition coefficient (Wildman–Crippen LogP) is 5.14. The van der Waals surface area contributed by atoms with Crippen molar-refractivity contribution in [3.8, 4) is 46.1 Å². The van der Waals surface area contributed by atoms with Crippen molar-refractivity contribution in [3.05, 3.63) is 148 Å². The fourth-order valence-electron chi connectivity index (χ4n) is 5.33. The fraction of sp³-hybridized carbons (Fsp3) is 0.220. The number of ether oxygens (including phenoxy) is 6. The first-order valence-electron chi connectivity index (χ1n) is 18.3. The van der Waals surface area contributed by atoms with Gasteiger partial charge >= 0.3 is 23.3 Å². The molecule has 0 amide bonds. The van der Waals surface area contributed by atoms with Gasteiger partial charge in [0.15, 0.2) is 24.7 Å². The van der Waals surface area contributed by atoms with Gasteiger partial charge in [0.05, 0.1) is 35.1 Å². The minimum absolute atomic E-state index is 0.0362. The molecule has 0 spiro atoms. The maximum atomic E-state index is 14.7. The molecule has 6 rings (SSSR count). The average Bonchev–Trinajstić information content (AvgIpc) is 3.24. The van der Waals surface area contributed by atoms with E-state index in [0.717, 1.165) is 24.3 Å². The summed E-state index contributed by atoms with van der Waals surface area (Å²) in [4.78, 5) is 80.8. The number of halogens is 4. The molecule has 0 radical (unpaired) electrons. The Morgan fingerprint density at radius 1 is 0.651 bits per heavy atom. The number of methoxy groups -OCH3 is 1. The summed E-state index contributed by atoms with van der Waals surface area (Å²) in [7, 11) is 4.12. The van der Waals surface area contributed by atoms with Crippen molar-refractivity contribution in [1.82, 2.24) is 28.2 Å². The first kappa shape index (κ1) is 46.7. The van der Waals surface area contributed by atoms with Crippen LogP contribution in [-0.4, -0.2) is 67.1 Å². The average molecular weight is 914 g/mol. The molecule has 2 aromatic carbocycles. The molecule has 0 saturated heterocycles. The first-order chi connectivity index (χ1) is 29.9. The molecular weight excluding hydrogens is 877 g/mol. The molecule has 0 aliphatic rings. The normalized spacial score (nSPS) is 10.6. The van der Waals surface area contributed by atoms with E-state index in [2.05, 4.69) is 14.7 Å². The number of carbonyl (C=O) groups excluding carboxylic acids is 2. The Balaban J connectivity index is 0.000000238. The van der Waals surface area contributed by atoms with Crippen LogP contribution in [0.25, 0.3) is 11.4 Å². The van der Waals surface area contributed by atoms with Gasteiger partial charge in [-0.3, -0.25) is 9.59 Å². The number of carbonyl (C=O) groups is 2. The van der Waals surface area contributed by atoms with Crippen LogP contribution < -0.4 is 41.4 Å². The van der Waals surface area contributed by atoms with Crippen molar-refractivity contribution in [3.63, 3.8) is 0 Å². The number of benzene rings is 2. The Labute approximate surface area is 364 Å². The number of hydrogen-bond donors (Lipinski definition) is 0. The quantitative estimate of drug-likeness (QED) is 0.138. The molecule has 0 aliphatic carbocycles. The van der Waals surface area contributed by atoms with Crippen LogP contribution in [0.5, 0.6) is 34.8 Å². The van der Waals surface area contributed by atoms with Crippen LogP contribution in [0.3, 0.4) is 0 Å². The van der Waals surface area contributed by atoms with E-state index >= 15 is 0 Å². The number of aromatic nitrogens is 6. The van der Waals surface area contributed by atoms with E-state index in [4.69, 9.17) is 46.9 Å². The Hall–Kier alpha value is -7.32. The third-order valence-electron chi connectivity index (χ3n) is 8.70. The summed E-state index contributed by atoms with van der Waals surface area (Å²) in [6.07, 6.45) is 2.83. The van der Waals surface area contributed by atoms with Gasteiger partial charge in [-0.1, -0.05) is 23.2 Å². The SMILES string of the molecule is CCOC(=O)COc1ncccc1Oc1cc(-n2c(=O)cc(C)n(C)c2=O)c(F)cc1Cl.COC(=O)COc1ncccc1Oc1cc(-n2c(=O)cc(C)n(C)c2=O)c(F)cc1Cl. The first-order valence-corrected chi connectivity index (χ1v) is 19.0. The van der Waals surface area contributed by atoms with Crippen molar-refractivity contribution in [2.24, 2.45) is 14.1 Å². The molecule has 330 valence electrons. The zero-order valence-corrected chi connectivity index (χ0v) is 35.7. The molecule has 6 aromatic rings. The number of aryl methyl sites for hydroxylation is 2. The molecule has 0 atom stereocenters. The molecule has 0 unspecified atom stereocenters. The molecule has 0 aliphatic heterocycles. The largest absolute Gasteiger partial charge is 0.466 e. The van der Waals surface area contributed by atoms with Crippen molar-refractivity contribution in [2.75, 3.05) is 26.9 Å². The minimum atomic E-state index is -0.895. The Bertz CT molecular complexity index is 2950. The van der Waals surface area contributed by atoms with E-state index in [9.17, 15) is 37.5 Å². The smallest absolute Gasteiger partial charge is 0.344 e. The maximum Gasteiger partial charge on any atom is 0.344 e. The van der Waals surface area contributed by atoms with E-state index in [-0.39, 0.29) is 62.8 Å². The number of nitrogens with zero attached hydrogens (tertiary/aromatic N) is 6. The standard InChI is InChI=1S/C21H19ClFN3O6.C20H17ClFN3O6/c1-4-30-19(28)11-31-20-16(6-5-7-24-20)32-17-10-15(14(23)9-13(17)22)26-18(27)8-12(2)25(3)21(26)29;1-11-7-17(26)25(20(28)24(11)2)14-9-16(12(21)8-13(14)22)31-15-5-4-6-23-19(15)30-10-18(27)29-3/h5-10H,4,11H2,1-3H3;4-9H,10H2,1-3H3. The van der Waals surface area contributed by atoms with Crippen LogP contribution in [0.15, 0.2) is 92.2 Å². The molecule has 0 saturated carbocycles. The summed E-state index contributed by atoms with van der Waals surface area (Å²) in [5, 5.41) is -0.246. The number of pyridine rings is 2. The number of hydrogen-bond acceptors (Lipinski definition) is 14. The van der Waals surface area contributed by atoms with Crippen LogP contribution in [0, 0.1) is 25.5 Å². The van der Waals surface area contributed by atoms with Gasteiger partial charge in [0.1, 0.15) is 23.1 Å². The van der Waals surface area contributed by atoms with Gasteiger partial charge < -0.3 is 37.6 Å². The topological polar surface area (TPSA) is 203 Å². The van der Waals surface area contributed by atoms with Crippen molar-refractivity contribution in [1.29, 1.82) is 0 Å². The van der Waals surface area contributed by atoms with Gasteiger partial charge in [-0.15, -0.1) is 0 Å². The molecule has 18 nitrogen and oxygen atoms in total. The van der Waals surface area contributed by atoms with Gasteiger partial charge in [0, 0.05) is 62.1 Å². The summed E-state index contributed by atoms with van der Waals surface area (Å²) in [5.41, 5.74) is -2.74. The highest BCUT2D eigenvalue weighted by molar-refractivity contribution is 6.32. The van der Waals surface area contributed by atoms with Gasteiger partial charge in [-0.25, -0.2) is 47.1 Å². The van der Waals surface area contributed by atoms with Gasteiger partial charge in [0.25, 0.3) is 22.9 Å². The summed E-state index contributed by atoms with van der Waals surface area (Å²) in [5.74, 6) is -3.09. The lowest BCUT2D eigenvalue weighted by atomic mass is 10.2. The maximum absolute atomic E-state index is 14.7. The highest BCUT2D eigenvalue weighted by Gasteiger charge is 2.21. The molecule has 63 heavy (non-hydrogen) atoms. The monoisotopic (exact) mass is 912 g/mol. The van der Waals surface area contributed by atoms with E-state index in [1.807, 2.05) is 0 Å². The lowest BCUT2D eigenvalue weighted by molar-refractivity contribution is -0.145. The molecular formula is C41H36Cl2F2N6O12. The second kappa shape index (κ2) is 20.5. The summed E-state index contributed by atoms with van der Waals surface area (Å²) < 4.78 is 64.4. The van der Waals surface area contributed by atoms with E-state index < -0.39 is 59.3 Å². The molecule has 4 heterocycles. The fourth-order valence-corrected chi connectivity index (χ4v) is 5.71. The molecule has 0 fully saturated rings. The number of esters is 2. The van der Waals surface area contributed by atoms with Crippen LogP contribution in [0.2, 0.25) is 10.0 Å². The van der Waals surface area contributed by atoms with Gasteiger partial charge in [-0.2, -0.15) is 0 Å². The zero-order chi connectivity index (χ0) is 46.1. The van der Waals surface area contributed by atoms with Gasteiger partial charge in [0.2, 0.25) is 0 Å². The van der Waals surface area contributed by atoms with E-state index in [1.54, 1.807) is 32.9 Å². The molecule has 4 aromatic heterocycles. The molecule has 22 heteroatoms. The zero-order valence-electron chi connectivity index (χ0n) is 34.1. The second-order valence-electron chi connectivity index (χ2n) is 12.8. The van der Waals surface area contributed by atoms with Crippen molar-refractivity contribution in [2.45, 2.75) is 20.8 Å². The third kappa shape index (κ3) is 11.0. The summed E-state index contributed by atoms with van der Waals surface area (Å²) >= 11 is 12.2. The predicted molar refractivity (Wildman–Crippen MR) is 222 cm³/mol. The number of rotatable bonds is 13.